The third kappa shape index (κ3) is 3.39. The normalized spacial score (nSPS) is 22.2. The first-order valence-corrected chi connectivity index (χ1v) is 7.59. The Morgan fingerprint density at radius 1 is 1.52 bits per heavy atom. The molecular formula is C15H21BN2O3. The number of carbonyl (C=O) groups excluding carboxylic acids is 1. The Labute approximate surface area is 125 Å². The van der Waals surface area contributed by atoms with Gasteiger partial charge in [0.25, 0.3) is 5.91 Å². The summed E-state index contributed by atoms with van der Waals surface area (Å²) in [5, 5.41) is 12.6. The Kier molecular flexibility index (Phi) is 4.17. The lowest BCUT2D eigenvalue weighted by atomic mass is 9.79. The second kappa shape index (κ2) is 6.07. The van der Waals surface area contributed by atoms with Crippen molar-refractivity contribution in [3.63, 3.8) is 0 Å². The van der Waals surface area contributed by atoms with Crippen molar-refractivity contribution in [3.8, 4) is 5.75 Å². The van der Waals surface area contributed by atoms with Crippen LogP contribution in [0.4, 0.5) is 5.69 Å². The molecule has 1 aromatic carbocycles. The standard InChI is InChI=1S/C15H21BN2O3/c1-16(20)18-6-2-3-12(9-18)7-11-4-5-14-13(8-11)17-15(19)10-21-14/h4-5,8,12,20H,2-3,6-7,9-10H2,1H3,(H,17,19). The van der Waals surface area contributed by atoms with Gasteiger partial charge in [0.2, 0.25) is 0 Å². The van der Waals surface area contributed by atoms with Crippen LogP contribution in [-0.2, 0) is 11.2 Å². The molecule has 0 aliphatic carbocycles. The van der Waals surface area contributed by atoms with Crippen molar-refractivity contribution in [1.29, 1.82) is 0 Å². The number of fused-ring (bicyclic) bond motifs is 1. The van der Waals surface area contributed by atoms with Crippen LogP contribution in [0.2, 0.25) is 6.82 Å². The van der Waals surface area contributed by atoms with Gasteiger partial charge in [-0.3, -0.25) is 4.79 Å². The number of nitrogens with zero attached hydrogens (tertiary/aromatic N) is 1. The van der Waals surface area contributed by atoms with E-state index in [1.165, 1.54) is 12.0 Å². The Balaban J connectivity index is 1.67. The summed E-state index contributed by atoms with van der Waals surface area (Å²) in [6.45, 7) is 3.83. The molecule has 3 rings (SSSR count). The molecule has 0 spiro atoms. The van der Waals surface area contributed by atoms with Gasteiger partial charge in [-0.25, -0.2) is 0 Å². The molecule has 2 aliphatic rings. The van der Waals surface area contributed by atoms with Gasteiger partial charge in [-0.2, -0.15) is 0 Å². The van der Waals surface area contributed by atoms with Crippen molar-refractivity contribution in [3.05, 3.63) is 23.8 Å². The molecule has 0 bridgehead atoms. The minimum absolute atomic E-state index is 0.0956. The molecule has 112 valence electrons. The van der Waals surface area contributed by atoms with Gasteiger partial charge in [-0.05, 0) is 62.8 Å². The van der Waals surface area contributed by atoms with Crippen LogP contribution in [0.1, 0.15) is 18.4 Å². The number of anilines is 1. The summed E-state index contributed by atoms with van der Waals surface area (Å²) in [5.41, 5.74) is 1.98. The minimum Gasteiger partial charge on any atom is -0.482 e. The number of rotatable bonds is 3. The van der Waals surface area contributed by atoms with Crippen LogP contribution in [0, 0.1) is 5.92 Å². The highest BCUT2D eigenvalue weighted by molar-refractivity contribution is 6.45. The largest absolute Gasteiger partial charge is 0.482 e. The van der Waals surface area contributed by atoms with Gasteiger partial charge in [0.05, 0.1) is 5.69 Å². The highest BCUT2D eigenvalue weighted by Crippen LogP contribution is 2.30. The van der Waals surface area contributed by atoms with Gasteiger partial charge in [0.15, 0.2) is 6.61 Å². The number of nitrogens with one attached hydrogen (secondary N) is 1. The molecule has 0 aromatic heterocycles. The van der Waals surface area contributed by atoms with Gasteiger partial charge < -0.3 is 19.9 Å². The van der Waals surface area contributed by atoms with Crippen LogP contribution in [0.5, 0.6) is 5.75 Å². The summed E-state index contributed by atoms with van der Waals surface area (Å²) in [6, 6.07) is 6.00. The molecule has 21 heavy (non-hydrogen) atoms. The first-order chi connectivity index (χ1) is 10.1. The fourth-order valence-corrected chi connectivity index (χ4v) is 3.19. The molecule has 1 unspecified atom stereocenters. The van der Waals surface area contributed by atoms with Crippen molar-refractivity contribution >= 4 is 18.6 Å². The Morgan fingerprint density at radius 3 is 3.19 bits per heavy atom. The molecule has 1 aromatic rings. The van der Waals surface area contributed by atoms with E-state index in [4.69, 9.17) is 4.74 Å². The van der Waals surface area contributed by atoms with E-state index in [1.54, 1.807) is 0 Å². The highest BCUT2D eigenvalue weighted by atomic mass is 16.5. The van der Waals surface area contributed by atoms with Crippen molar-refractivity contribution < 1.29 is 14.6 Å². The smallest absolute Gasteiger partial charge is 0.376 e. The number of hydrogen-bond donors (Lipinski definition) is 2. The maximum Gasteiger partial charge on any atom is 0.376 e. The number of amides is 1. The first-order valence-electron chi connectivity index (χ1n) is 7.59. The van der Waals surface area contributed by atoms with Crippen LogP contribution < -0.4 is 10.1 Å². The predicted octanol–water partition coefficient (Wildman–Crippen LogP) is 1.38. The number of hydrogen-bond acceptors (Lipinski definition) is 4. The van der Waals surface area contributed by atoms with Gasteiger partial charge in [0, 0.05) is 0 Å². The SMILES string of the molecule is CB(O)N1CCCC(Cc2ccc3c(c2)NC(=O)CO3)C1. The number of carbonyl (C=O) groups is 1. The maximum absolute atomic E-state index is 11.4. The van der Waals surface area contributed by atoms with Crippen LogP contribution in [0.15, 0.2) is 18.2 Å². The van der Waals surface area contributed by atoms with E-state index in [2.05, 4.69) is 16.2 Å². The fourth-order valence-electron chi connectivity index (χ4n) is 3.19. The zero-order valence-corrected chi connectivity index (χ0v) is 12.3. The topological polar surface area (TPSA) is 61.8 Å². The lowest BCUT2D eigenvalue weighted by molar-refractivity contribution is -0.118. The molecule has 1 saturated heterocycles. The summed E-state index contributed by atoms with van der Waals surface area (Å²) >= 11 is 0. The molecule has 2 N–H and O–H groups in total. The van der Waals surface area contributed by atoms with Gasteiger partial charge in [-0.15, -0.1) is 0 Å². The predicted molar refractivity (Wildman–Crippen MR) is 82.4 cm³/mol. The van der Waals surface area contributed by atoms with Crippen molar-refractivity contribution in [1.82, 2.24) is 4.81 Å². The van der Waals surface area contributed by atoms with Gasteiger partial charge >= 0.3 is 7.05 Å². The molecular weight excluding hydrogens is 267 g/mol. The Morgan fingerprint density at radius 2 is 2.38 bits per heavy atom. The Bertz CT molecular complexity index is 536. The zero-order valence-electron chi connectivity index (χ0n) is 12.3. The zero-order chi connectivity index (χ0) is 14.8. The number of benzene rings is 1. The molecule has 0 saturated carbocycles. The minimum atomic E-state index is -0.371. The first kappa shape index (κ1) is 14.4. The molecule has 6 heteroatoms. The summed E-state index contributed by atoms with van der Waals surface area (Å²) in [5.74, 6) is 1.19. The summed E-state index contributed by atoms with van der Waals surface area (Å²) in [6.07, 6.45) is 3.27. The van der Waals surface area contributed by atoms with Gasteiger partial charge in [0.1, 0.15) is 5.75 Å². The third-order valence-corrected chi connectivity index (χ3v) is 4.28. The average molecular weight is 288 g/mol. The second-order valence-corrected chi connectivity index (χ2v) is 6.01. The molecule has 1 atom stereocenters. The van der Waals surface area contributed by atoms with E-state index in [0.29, 0.717) is 5.92 Å². The van der Waals surface area contributed by atoms with Crippen LogP contribution >= 0.6 is 0 Å². The molecule has 0 radical (unpaired) electrons. The van der Waals surface area contributed by atoms with Crippen LogP contribution in [0.3, 0.4) is 0 Å². The summed E-state index contributed by atoms with van der Waals surface area (Å²) in [7, 11) is -0.371. The summed E-state index contributed by atoms with van der Waals surface area (Å²) in [4.78, 5) is 13.5. The van der Waals surface area contributed by atoms with Crippen molar-refractivity contribution in [2.75, 3.05) is 25.0 Å². The molecule has 2 heterocycles. The van der Waals surface area contributed by atoms with E-state index in [9.17, 15) is 9.82 Å². The maximum atomic E-state index is 11.4. The third-order valence-electron chi connectivity index (χ3n) is 4.28. The second-order valence-electron chi connectivity index (χ2n) is 6.01. The van der Waals surface area contributed by atoms with E-state index >= 15 is 0 Å². The Hall–Kier alpha value is -1.53. The quantitative estimate of drug-likeness (QED) is 0.825. The summed E-state index contributed by atoms with van der Waals surface area (Å²) < 4.78 is 5.38. The van der Waals surface area contributed by atoms with Crippen molar-refractivity contribution in [2.24, 2.45) is 5.92 Å². The van der Waals surface area contributed by atoms with E-state index < -0.39 is 0 Å². The van der Waals surface area contributed by atoms with E-state index in [-0.39, 0.29) is 19.6 Å². The molecule has 5 nitrogen and oxygen atoms in total. The average Bonchev–Trinajstić information content (AvgIpc) is 2.47. The molecule has 1 fully saturated rings. The van der Waals surface area contributed by atoms with Crippen LogP contribution in [-0.4, -0.2) is 42.5 Å². The molecule has 1 amide bonds. The fraction of sp³-hybridized carbons (Fsp3) is 0.533. The van der Waals surface area contributed by atoms with E-state index in [1.807, 2.05) is 19.0 Å². The molecule has 2 aliphatic heterocycles. The monoisotopic (exact) mass is 288 g/mol. The van der Waals surface area contributed by atoms with Gasteiger partial charge in [-0.1, -0.05) is 6.07 Å². The lowest BCUT2D eigenvalue weighted by Crippen LogP contribution is -2.44. The number of piperidine rings is 1. The van der Waals surface area contributed by atoms with Crippen LogP contribution in [0.25, 0.3) is 0 Å². The van der Waals surface area contributed by atoms with Crippen molar-refractivity contribution in [2.45, 2.75) is 26.1 Å². The lowest BCUT2D eigenvalue weighted by Gasteiger charge is -2.33. The number of ether oxygens (including phenoxy) is 1. The van der Waals surface area contributed by atoms with E-state index in [0.717, 1.165) is 37.4 Å². The highest BCUT2D eigenvalue weighted by Gasteiger charge is 2.25.